The monoisotopic (exact) mass is 252 g/mol. The summed E-state index contributed by atoms with van der Waals surface area (Å²) < 4.78 is 12.8. The Morgan fingerprint density at radius 3 is 2.39 bits per heavy atom. The normalized spacial score (nSPS) is 12.5. The molecule has 0 spiro atoms. The van der Waals surface area contributed by atoms with Crippen LogP contribution in [-0.4, -0.2) is 18.5 Å². The minimum absolute atomic E-state index is 0.0452. The molecule has 1 atom stereocenters. The van der Waals surface area contributed by atoms with Gasteiger partial charge in [0, 0.05) is 25.0 Å². The van der Waals surface area contributed by atoms with Gasteiger partial charge in [0.05, 0.1) is 0 Å². The van der Waals surface area contributed by atoms with Crippen molar-refractivity contribution in [2.75, 3.05) is 6.54 Å². The molecule has 0 aliphatic carbocycles. The van der Waals surface area contributed by atoms with Gasteiger partial charge in [0.15, 0.2) is 0 Å². The topological polar surface area (TPSA) is 41.1 Å². The molecule has 1 unspecified atom stereocenters. The zero-order chi connectivity index (χ0) is 13.5. The Labute approximate surface area is 108 Å². The van der Waals surface area contributed by atoms with Crippen molar-refractivity contribution in [3.63, 3.8) is 0 Å². The Balaban J connectivity index is 2.31. The van der Waals surface area contributed by atoms with Crippen LogP contribution >= 0.6 is 0 Å². The predicted octanol–water partition coefficient (Wildman–Crippen LogP) is 2.39. The largest absolute Gasteiger partial charge is 0.354 e. The number of nitrogens with one attached hydrogen (secondary N) is 2. The second-order valence-corrected chi connectivity index (χ2v) is 4.70. The summed E-state index contributed by atoms with van der Waals surface area (Å²) in [5, 5.41) is 6.07. The first kappa shape index (κ1) is 14.6. The molecule has 1 amide bonds. The van der Waals surface area contributed by atoms with Gasteiger partial charge in [-0.1, -0.05) is 12.1 Å². The van der Waals surface area contributed by atoms with E-state index < -0.39 is 0 Å². The fourth-order valence-electron chi connectivity index (χ4n) is 1.67. The van der Waals surface area contributed by atoms with Gasteiger partial charge in [-0.25, -0.2) is 4.39 Å². The molecule has 1 rings (SSSR count). The van der Waals surface area contributed by atoms with Gasteiger partial charge in [-0.2, -0.15) is 0 Å². The molecule has 0 heterocycles. The van der Waals surface area contributed by atoms with E-state index in [1.165, 1.54) is 12.1 Å². The maximum absolute atomic E-state index is 12.8. The highest BCUT2D eigenvalue weighted by atomic mass is 19.1. The minimum Gasteiger partial charge on any atom is -0.354 e. The Hall–Kier alpha value is -1.42. The lowest BCUT2D eigenvalue weighted by Gasteiger charge is -2.14. The van der Waals surface area contributed by atoms with Crippen molar-refractivity contribution >= 4 is 5.91 Å². The first-order valence-electron chi connectivity index (χ1n) is 6.27. The molecule has 0 saturated heterocycles. The Morgan fingerprint density at radius 2 is 1.83 bits per heavy atom. The highest BCUT2D eigenvalue weighted by molar-refractivity contribution is 5.76. The average Bonchev–Trinajstić information content (AvgIpc) is 2.28. The maximum atomic E-state index is 12.8. The third-order valence-electron chi connectivity index (χ3n) is 2.62. The smallest absolute Gasteiger partial charge is 0.221 e. The van der Waals surface area contributed by atoms with Crippen LogP contribution in [0.3, 0.4) is 0 Å². The predicted molar refractivity (Wildman–Crippen MR) is 70.7 cm³/mol. The molecule has 4 heteroatoms. The van der Waals surface area contributed by atoms with E-state index in [4.69, 9.17) is 0 Å². The standard InChI is InChI=1S/C14H21FN2O/c1-10(2)17-14(18)8-9-16-11(3)12-4-6-13(15)7-5-12/h4-7,10-11,16H,8-9H2,1-3H3,(H,17,18). The second-order valence-electron chi connectivity index (χ2n) is 4.70. The molecule has 1 aromatic rings. The molecule has 100 valence electrons. The van der Waals surface area contributed by atoms with E-state index >= 15 is 0 Å². The molecule has 0 radical (unpaired) electrons. The lowest BCUT2D eigenvalue weighted by Crippen LogP contribution is -2.33. The van der Waals surface area contributed by atoms with E-state index in [0.29, 0.717) is 13.0 Å². The van der Waals surface area contributed by atoms with Gasteiger partial charge in [-0.3, -0.25) is 4.79 Å². The van der Waals surface area contributed by atoms with Crippen LogP contribution < -0.4 is 10.6 Å². The Kier molecular flexibility index (Phi) is 5.78. The summed E-state index contributed by atoms with van der Waals surface area (Å²) in [4.78, 5) is 11.4. The lowest BCUT2D eigenvalue weighted by atomic mass is 10.1. The van der Waals surface area contributed by atoms with E-state index in [-0.39, 0.29) is 23.8 Å². The van der Waals surface area contributed by atoms with Gasteiger partial charge < -0.3 is 10.6 Å². The summed E-state index contributed by atoms with van der Waals surface area (Å²) in [6.45, 7) is 6.48. The number of carbonyl (C=O) groups is 1. The number of halogens is 1. The lowest BCUT2D eigenvalue weighted by molar-refractivity contribution is -0.121. The highest BCUT2D eigenvalue weighted by Gasteiger charge is 2.07. The van der Waals surface area contributed by atoms with Crippen molar-refractivity contribution in [2.24, 2.45) is 0 Å². The maximum Gasteiger partial charge on any atom is 0.221 e. The summed E-state index contributed by atoms with van der Waals surface area (Å²) in [6.07, 6.45) is 0.448. The first-order chi connectivity index (χ1) is 8.49. The summed E-state index contributed by atoms with van der Waals surface area (Å²) in [6, 6.07) is 6.67. The summed E-state index contributed by atoms with van der Waals surface area (Å²) >= 11 is 0. The van der Waals surface area contributed by atoms with Crippen molar-refractivity contribution in [3.8, 4) is 0 Å². The van der Waals surface area contributed by atoms with E-state index in [9.17, 15) is 9.18 Å². The van der Waals surface area contributed by atoms with Gasteiger partial charge in [-0.15, -0.1) is 0 Å². The van der Waals surface area contributed by atoms with Crippen LogP contribution in [0.25, 0.3) is 0 Å². The SMILES string of the molecule is CC(C)NC(=O)CCNC(C)c1ccc(F)cc1. The molecule has 0 aliphatic rings. The summed E-state index contributed by atoms with van der Waals surface area (Å²) in [5.41, 5.74) is 1.01. The van der Waals surface area contributed by atoms with E-state index in [2.05, 4.69) is 10.6 Å². The van der Waals surface area contributed by atoms with E-state index in [1.54, 1.807) is 12.1 Å². The van der Waals surface area contributed by atoms with Gasteiger partial charge in [0.2, 0.25) is 5.91 Å². The number of rotatable bonds is 6. The molecule has 2 N–H and O–H groups in total. The van der Waals surface area contributed by atoms with Crippen LogP contribution in [-0.2, 0) is 4.79 Å². The molecular weight excluding hydrogens is 231 g/mol. The van der Waals surface area contributed by atoms with Crippen LogP contribution in [0.4, 0.5) is 4.39 Å². The third-order valence-corrected chi connectivity index (χ3v) is 2.62. The molecule has 0 aliphatic heterocycles. The number of benzene rings is 1. The first-order valence-corrected chi connectivity index (χ1v) is 6.27. The molecular formula is C14H21FN2O. The van der Waals surface area contributed by atoms with Gasteiger partial charge in [-0.05, 0) is 38.5 Å². The van der Waals surface area contributed by atoms with Crippen LogP contribution in [0.15, 0.2) is 24.3 Å². The molecule has 0 saturated carbocycles. The molecule has 0 aromatic heterocycles. The van der Waals surface area contributed by atoms with Crippen LogP contribution in [0.2, 0.25) is 0 Å². The van der Waals surface area contributed by atoms with Crippen LogP contribution in [0.5, 0.6) is 0 Å². The highest BCUT2D eigenvalue weighted by Crippen LogP contribution is 2.12. The zero-order valence-corrected chi connectivity index (χ0v) is 11.2. The van der Waals surface area contributed by atoms with Crippen molar-refractivity contribution < 1.29 is 9.18 Å². The van der Waals surface area contributed by atoms with Gasteiger partial charge in [0.1, 0.15) is 5.82 Å². The van der Waals surface area contributed by atoms with Gasteiger partial charge in [0.25, 0.3) is 0 Å². The number of carbonyl (C=O) groups excluding carboxylic acids is 1. The molecule has 0 bridgehead atoms. The number of hydrogen-bond donors (Lipinski definition) is 2. The van der Waals surface area contributed by atoms with Gasteiger partial charge >= 0.3 is 0 Å². The summed E-state index contributed by atoms with van der Waals surface area (Å²) in [5.74, 6) is -0.189. The van der Waals surface area contributed by atoms with Crippen LogP contribution in [0.1, 0.15) is 38.8 Å². The van der Waals surface area contributed by atoms with Crippen molar-refractivity contribution in [3.05, 3.63) is 35.6 Å². The Morgan fingerprint density at radius 1 is 1.22 bits per heavy atom. The average molecular weight is 252 g/mol. The Bertz CT molecular complexity index is 376. The molecule has 3 nitrogen and oxygen atoms in total. The zero-order valence-electron chi connectivity index (χ0n) is 11.2. The quantitative estimate of drug-likeness (QED) is 0.816. The second kappa shape index (κ2) is 7.11. The van der Waals surface area contributed by atoms with E-state index in [0.717, 1.165) is 5.56 Å². The molecule has 0 fully saturated rings. The fraction of sp³-hybridized carbons (Fsp3) is 0.500. The van der Waals surface area contributed by atoms with E-state index in [1.807, 2.05) is 20.8 Å². The number of hydrogen-bond acceptors (Lipinski definition) is 2. The fourth-order valence-corrected chi connectivity index (χ4v) is 1.67. The molecule has 18 heavy (non-hydrogen) atoms. The van der Waals surface area contributed by atoms with Crippen molar-refractivity contribution in [1.82, 2.24) is 10.6 Å². The minimum atomic E-state index is -0.234. The number of amides is 1. The molecule has 1 aromatic carbocycles. The van der Waals surface area contributed by atoms with Crippen molar-refractivity contribution in [1.29, 1.82) is 0 Å². The van der Waals surface area contributed by atoms with Crippen LogP contribution in [0, 0.1) is 5.82 Å². The summed E-state index contributed by atoms with van der Waals surface area (Å²) in [7, 11) is 0. The van der Waals surface area contributed by atoms with Crippen molar-refractivity contribution in [2.45, 2.75) is 39.3 Å². The third kappa shape index (κ3) is 5.27.